The van der Waals surface area contributed by atoms with Gasteiger partial charge in [-0.1, -0.05) is 19.4 Å². The Bertz CT molecular complexity index is 962. The highest BCUT2D eigenvalue weighted by atomic mass is 16.2. The number of rotatable bonds is 3. The maximum Gasteiger partial charge on any atom is 0.247 e. The number of ketones is 1. The van der Waals surface area contributed by atoms with Crippen molar-refractivity contribution in [3.05, 3.63) is 28.6 Å². The van der Waals surface area contributed by atoms with Crippen molar-refractivity contribution in [2.24, 2.45) is 5.41 Å². The molecule has 7 heteroatoms. The van der Waals surface area contributed by atoms with Gasteiger partial charge in [0.2, 0.25) is 11.8 Å². The molecule has 3 aliphatic rings. The molecule has 2 fully saturated rings. The average molecular weight is 441 g/mol. The predicted molar refractivity (Wildman–Crippen MR) is 122 cm³/mol. The second-order valence-electron chi connectivity index (χ2n) is 10.7. The molecule has 1 atom stereocenters. The van der Waals surface area contributed by atoms with E-state index in [-0.39, 0.29) is 35.1 Å². The number of likely N-dealkylation sites (tertiary alicyclic amines) is 2. The van der Waals surface area contributed by atoms with E-state index in [0.717, 1.165) is 67.7 Å². The normalized spacial score (nSPS) is 23.3. The van der Waals surface area contributed by atoms with Gasteiger partial charge in [0.15, 0.2) is 5.78 Å². The smallest absolute Gasteiger partial charge is 0.247 e. The summed E-state index contributed by atoms with van der Waals surface area (Å²) in [5.41, 5.74) is 3.46. The minimum atomic E-state index is -0.143. The Hall–Kier alpha value is -2.44. The molecule has 7 nitrogen and oxygen atoms in total. The Morgan fingerprint density at radius 2 is 1.72 bits per heavy atom. The van der Waals surface area contributed by atoms with Crippen molar-refractivity contribution >= 4 is 17.6 Å². The Kier molecular flexibility index (Phi) is 6.03. The lowest BCUT2D eigenvalue weighted by Crippen LogP contribution is -2.38. The van der Waals surface area contributed by atoms with Gasteiger partial charge in [-0.05, 0) is 51.4 Å². The van der Waals surface area contributed by atoms with Gasteiger partial charge in [0, 0.05) is 39.1 Å². The molecule has 3 heterocycles. The number of carbonyl (C=O) groups excluding carboxylic acids is 3. The number of hydrogen-bond acceptors (Lipinski definition) is 4. The Balaban J connectivity index is 1.73. The highest BCUT2D eigenvalue weighted by molar-refractivity contribution is 6.00. The first-order valence-corrected chi connectivity index (χ1v) is 11.9. The maximum atomic E-state index is 13.3. The minimum absolute atomic E-state index is 0.00848. The fourth-order valence-corrected chi connectivity index (χ4v) is 5.61. The van der Waals surface area contributed by atoms with Gasteiger partial charge >= 0.3 is 0 Å². The van der Waals surface area contributed by atoms with Crippen LogP contribution in [0.2, 0.25) is 0 Å². The number of amides is 2. The lowest BCUT2D eigenvalue weighted by atomic mass is 9.75. The summed E-state index contributed by atoms with van der Waals surface area (Å²) < 4.78 is 2.10. The maximum absolute atomic E-state index is 13.3. The number of fused-ring (bicyclic) bond motifs is 1. The van der Waals surface area contributed by atoms with E-state index < -0.39 is 0 Å². The second kappa shape index (κ2) is 8.49. The number of hydrogen-bond donors (Lipinski definition) is 0. The summed E-state index contributed by atoms with van der Waals surface area (Å²) in [6.07, 6.45) is 6.44. The van der Waals surface area contributed by atoms with Crippen LogP contribution in [-0.4, -0.2) is 56.8 Å². The zero-order valence-corrected chi connectivity index (χ0v) is 20.1. The van der Waals surface area contributed by atoms with Crippen LogP contribution >= 0.6 is 0 Å². The zero-order valence-electron chi connectivity index (χ0n) is 20.1. The van der Waals surface area contributed by atoms with Gasteiger partial charge in [0.1, 0.15) is 0 Å². The van der Waals surface area contributed by atoms with Crippen LogP contribution < -0.4 is 0 Å². The number of nitrogens with zero attached hydrogens (tertiary/aromatic N) is 4. The molecule has 2 amide bonds. The molecular weight excluding hydrogens is 404 g/mol. The minimum Gasteiger partial charge on any atom is -0.343 e. The molecule has 1 aromatic heterocycles. The van der Waals surface area contributed by atoms with Crippen LogP contribution in [0.4, 0.5) is 0 Å². The molecule has 0 saturated carbocycles. The van der Waals surface area contributed by atoms with Crippen LogP contribution in [0.5, 0.6) is 0 Å². The fraction of sp³-hybridized carbons (Fsp3) is 0.680. The molecule has 0 bridgehead atoms. The third-order valence-corrected chi connectivity index (χ3v) is 7.12. The van der Waals surface area contributed by atoms with Crippen LogP contribution in [-0.2, 0) is 16.0 Å². The highest BCUT2D eigenvalue weighted by Crippen LogP contribution is 2.43. The number of piperidine rings is 1. The summed E-state index contributed by atoms with van der Waals surface area (Å²) in [6.45, 7) is 11.9. The van der Waals surface area contributed by atoms with E-state index in [1.54, 1.807) is 13.0 Å². The van der Waals surface area contributed by atoms with Crippen LogP contribution in [0.3, 0.4) is 0 Å². The summed E-state index contributed by atoms with van der Waals surface area (Å²) in [5, 5.41) is 5.07. The summed E-state index contributed by atoms with van der Waals surface area (Å²) in [7, 11) is 0. The molecule has 0 spiro atoms. The molecule has 1 aliphatic carbocycles. The standard InChI is InChI=1S/C25H36N4O3/c1-16(2)13-22(32)28-10-6-7-19(28)24-23-20(14-25(4,5)15-21(23)31)29(26-24)18-8-11-27(12-9-18)17(3)30/h13,18-19H,6-12,14-15H2,1-5H3/t19-/m1/s1. The molecule has 1 aromatic rings. The van der Waals surface area contributed by atoms with Crippen molar-refractivity contribution in [1.82, 2.24) is 19.6 Å². The summed E-state index contributed by atoms with van der Waals surface area (Å²) in [4.78, 5) is 41.8. The molecule has 2 saturated heterocycles. The Morgan fingerprint density at radius 1 is 1.03 bits per heavy atom. The predicted octanol–water partition coefficient (Wildman–Crippen LogP) is 3.85. The first-order valence-electron chi connectivity index (χ1n) is 11.9. The summed E-state index contributed by atoms with van der Waals surface area (Å²) >= 11 is 0. The average Bonchev–Trinajstić information content (AvgIpc) is 3.31. The molecule has 0 aromatic carbocycles. The quantitative estimate of drug-likeness (QED) is 0.669. The van der Waals surface area contributed by atoms with Gasteiger partial charge in [0.25, 0.3) is 0 Å². The Morgan fingerprint density at radius 3 is 2.34 bits per heavy atom. The second-order valence-corrected chi connectivity index (χ2v) is 10.7. The molecular formula is C25H36N4O3. The summed E-state index contributed by atoms with van der Waals surface area (Å²) in [6, 6.07) is 0.0358. The van der Waals surface area contributed by atoms with Crippen molar-refractivity contribution in [3.63, 3.8) is 0 Å². The van der Waals surface area contributed by atoms with E-state index in [1.165, 1.54) is 0 Å². The Labute approximate surface area is 190 Å². The molecule has 0 unspecified atom stereocenters. The molecule has 2 aliphatic heterocycles. The molecule has 0 N–H and O–H groups in total. The van der Waals surface area contributed by atoms with Crippen LogP contribution in [0.25, 0.3) is 0 Å². The van der Waals surface area contributed by atoms with Gasteiger partial charge < -0.3 is 9.80 Å². The van der Waals surface area contributed by atoms with E-state index in [1.807, 2.05) is 23.6 Å². The van der Waals surface area contributed by atoms with Gasteiger partial charge in [-0.3, -0.25) is 19.1 Å². The summed E-state index contributed by atoms with van der Waals surface area (Å²) in [5.74, 6) is 0.275. The molecule has 0 radical (unpaired) electrons. The van der Waals surface area contributed by atoms with Gasteiger partial charge in [0.05, 0.1) is 29.0 Å². The lowest BCUT2D eigenvalue weighted by molar-refractivity contribution is -0.130. The number of allylic oxidation sites excluding steroid dienone is 1. The largest absolute Gasteiger partial charge is 0.343 e. The van der Waals surface area contributed by atoms with Crippen molar-refractivity contribution in [2.45, 2.75) is 85.2 Å². The van der Waals surface area contributed by atoms with Gasteiger partial charge in [-0.25, -0.2) is 0 Å². The van der Waals surface area contributed by atoms with Crippen molar-refractivity contribution in [1.29, 1.82) is 0 Å². The van der Waals surface area contributed by atoms with Crippen molar-refractivity contribution in [2.75, 3.05) is 19.6 Å². The first-order chi connectivity index (χ1) is 15.1. The molecule has 32 heavy (non-hydrogen) atoms. The number of carbonyl (C=O) groups is 3. The highest BCUT2D eigenvalue weighted by Gasteiger charge is 2.42. The van der Waals surface area contributed by atoms with E-state index >= 15 is 0 Å². The van der Waals surface area contributed by atoms with Crippen LogP contribution in [0.1, 0.15) is 101 Å². The topological polar surface area (TPSA) is 75.5 Å². The monoisotopic (exact) mass is 440 g/mol. The molecule has 174 valence electrons. The van der Waals surface area contributed by atoms with E-state index in [2.05, 4.69) is 18.5 Å². The van der Waals surface area contributed by atoms with Crippen molar-refractivity contribution < 1.29 is 14.4 Å². The van der Waals surface area contributed by atoms with E-state index in [0.29, 0.717) is 13.0 Å². The third kappa shape index (κ3) is 4.26. The third-order valence-electron chi connectivity index (χ3n) is 7.12. The number of aromatic nitrogens is 2. The van der Waals surface area contributed by atoms with Crippen LogP contribution in [0.15, 0.2) is 11.6 Å². The fourth-order valence-electron chi connectivity index (χ4n) is 5.61. The van der Waals surface area contributed by atoms with Gasteiger partial charge in [-0.2, -0.15) is 5.10 Å². The first kappa shape index (κ1) is 22.7. The number of Topliss-reactive ketones (excluding diaryl/α,β-unsaturated/α-hetero) is 1. The van der Waals surface area contributed by atoms with E-state index in [4.69, 9.17) is 5.10 Å². The molecule has 4 rings (SSSR count). The zero-order chi connectivity index (χ0) is 23.2. The van der Waals surface area contributed by atoms with Gasteiger partial charge in [-0.15, -0.1) is 0 Å². The van der Waals surface area contributed by atoms with E-state index in [9.17, 15) is 14.4 Å². The van der Waals surface area contributed by atoms with Crippen LogP contribution in [0, 0.1) is 5.41 Å². The SMILES string of the molecule is CC(=O)N1CCC(n2nc([C@H]3CCCN3C(=O)C=C(C)C)c3c2CC(C)(C)CC3=O)CC1. The van der Waals surface area contributed by atoms with Crippen molar-refractivity contribution in [3.8, 4) is 0 Å². The lowest BCUT2D eigenvalue weighted by Gasteiger charge is -2.34.